The van der Waals surface area contributed by atoms with E-state index < -0.39 is 10.5 Å². The SMILES string of the molecule is CN(C)C(CSC(N)=O)CSC(N)=O.Cl. The first kappa shape index (κ1) is 17.3. The van der Waals surface area contributed by atoms with Crippen molar-refractivity contribution in [2.75, 3.05) is 25.6 Å². The molecule has 2 amide bonds. The van der Waals surface area contributed by atoms with Crippen LogP contribution >= 0.6 is 35.9 Å². The molecule has 0 aliphatic heterocycles. The van der Waals surface area contributed by atoms with Crippen molar-refractivity contribution < 1.29 is 9.59 Å². The largest absolute Gasteiger partial charge is 0.361 e. The fourth-order valence-corrected chi connectivity index (χ4v) is 2.40. The number of primary amides is 2. The molecule has 0 radical (unpaired) electrons. The van der Waals surface area contributed by atoms with Gasteiger partial charge >= 0.3 is 0 Å². The standard InChI is InChI=1S/C7H15N3O2S2.ClH/c1-10(2)5(3-13-6(8)11)4-14-7(9)12;/h5H,3-4H2,1-2H3,(H2,8,11)(H2,9,12);1H. The summed E-state index contributed by atoms with van der Waals surface area (Å²) in [6.45, 7) is 0. The molecule has 0 saturated heterocycles. The van der Waals surface area contributed by atoms with Gasteiger partial charge < -0.3 is 16.4 Å². The van der Waals surface area contributed by atoms with Crippen LogP contribution in [-0.4, -0.2) is 47.0 Å². The minimum atomic E-state index is -0.402. The molecule has 90 valence electrons. The highest BCUT2D eigenvalue weighted by Gasteiger charge is 2.14. The van der Waals surface area contributed by atoms with Gasteiger partial charge in [-0.05, 0) is 14.1 Å². The van der Waals surface area contributed by atoms with E-state index in [1.807, 2.05) is 19.0 Å². The highest BCUT2D eigenvalue weighted by Crippen LogP contribution is 2.12. The van der Waals surface area contributed by atoms with Gasteiger partial charge in [0, 0.05) is 17.5 Å². The summed E-state index contributed by atoms with van der Waals surface area (Å²) >= 11 is 2.10. The summed E-state index contributed by atoms with van der Waals surface area (Å²) in [5, 5.41) is -0.804. The molecule has 0 heterocycles. The second-order valence-electron chi connectivity index (χ2n) is 2.88. The summed E-state index contributed by atoms with van der Waals surface area (Å²) in [4.78, 5) is 23.0. The minimum absolute atomic E-state index is 0. The zero-order valence-electron chi connectivity index (χ0n) is 8.63. The molecule has 0 bridgehead atoms. The monoisotopic (exact) mass is 273 g/mol. The Morgan fingerprint density at radius 3 is 1.67 bits per heavy atom. The van der Waals surface area contributed by atoms with Gasteiger partial charge in [0.1, 0.15) is 0 Å². The summed E-state index contributed by atoms with van der Waals surface area (Å²) in [5.41, 5.74) is 10.0. The van der Waals surface area contributed by atoms with Crippen molar-refractivity contribution in [3.63, 3.8) is 0 Å². The lowest BCUT2D eigenvalue weighted by Gasteiger charge is -2.22. The molecule has 0 aromatic rings. The number of nitrogens with two attached hydrogens (primary N) is 2. The smallest absolute Gasteiger partial charge is 0.276 e. The number of carbonyl (C=O) groups excluding carboxylic acids is 2. The Balaban J connectivity index is 0. The van der Waals surface area contributed by atoms with Crippen LogP contribution in [0, 0.1) is 0 Å². The predicted octanol–water partition coefficient (Wildman–Crippen LogP) is 0.962. The molecule has 0 fully saturated rings. The molecule has 0 aliphatic carbocycles. The lowest BCUT2D eigenvalue weighted by molar-refractivity contribution is 0.266. The van der Waals surface area contributed by atoms with Crippen LogP contribution in [0.25, 0.3) is 0 Å². The molecule has 15 heavy (non-hydrogen) atoms. The van der Waals surface area contributed by atoms with Gasteiger partial charge in [0.05, 0.1) is 0 Å². The number of halogens is 1. The van der Waals surface area contributed by atoms with E-state index in [1.165, 1.54) is 0 Å². The van der Waals surface area contributed by atoms with Crippen LogP contribution in [-0.2, 0) is 0 Å². The first-order valence-electron chi connectivity index (χ1n) is 3.94. The number of nitrogens with zero attached hydrogens (tertiary/aromatic N) is 1. The number of carbonyl (C=O) groups is 2. The van der Waals surface area contributed by atoms with Crippen LogP contribution in [0.1, 0.15) is 0 Å². The third-order valence-electron chi connectivity index (χ3n) is 1.57. The average molecular weight is 274 g/mol. The zero-order chi connectivity index (χ0) is 11.1. The lowest BCUT2D eigenvalue weighted by atomic mass is 10.4. The first-order valence-corrected chi connectivity index (χ1v) is 5.91. The first-order chi connectivity index (χ1) is 6.43. The van der Waals surface area contributed by atoms with Crippen molar-refractivity contribution in [3.05, 3.63) is 0 Å². The quantitative estimate of drug-likeness (QED) is 0.779. The van der Waals surface area contributed by atoms with Gasteiger partial charge in [-0.1, -0.05) is 23.5 Å². The summed E-state index contributed by atoms with van der Waals surface area (Å²) in [6.07, 6.45) is 0. The summed E-state index contributed by atoms with van der Waals surface area (Å²) in [5.74, 6) is 1.14. The minimum Gasteiger partial charge on any atom is -0.361 e. The third-order valence-corrected chi connectivity index (χ3v) is 3.24. The van der Waals surface area contributed by atoms with Crippen LogP contribution in [0.5, 0.6) is 0 Å². The van der Waals surface area contributed by atoms with E-state index in [9.17, 15) is 9.59 Å². The Morgan fingerprint density at radius 2 is 1.47 bits per heavy atom. The number of amides is 2. The molecular weight excluding hydrogens is 258 g/mol. The maximum Gasteiger partial charge on any atom is 0.276 e. The van der Waals surface area contributed by atoms with Gasteiger partial charge in [0.15, 0.2) is 0 Å². The molecule has 0 saturated carbocycles. The molecule has 8 heteroatoms. The Labute approximate surface area is 104 Å². The molecule has 0 unspecified atom stereocenters. The molecular formula is C7H16ClN3O2S2. The molecule has 0 aromatic carbocycles. The average Bonchev–Trinajstić information content (AvgIpc) is 2.02. The van der Waals surface area contributed by atoms with E-state index in [1.54, 1.807) is 0 Å². The summed E-state index contributed by atoms with van der Waals surface area (Å²) in [7, 11) is 3.77. The number of thioether (sulfide) groups is 2. The Hall–Kier alpha value is -0.110. The van der Waals surface area contributed by atoms with E-state index >= 15 is 0 Å². The zero-order valence-corrected chi connectivity index (χ0v) is 11.1. The Bertz CT molecular complexity index is 198. The summed E-state index contributed by atoms with van der Waals surface area (Å²) in [6, 6.07) is 0.116. The van der Waals surface area contributed by atoms with Crippen molar-refractivity contribution in [1.82, 2.24) is 4.90 Å². The highest BCUT2D eigenvalue weighted by molar-refractivity contribution is 8.14. The Kier molecular flexibility index (Phi) is 10.5. The van der Waals surface area contributed by atoms with Crippen molar-refractivity contribution in [2.24, 2.45) is 11.5 Å². The molecule has 0 rings (SSSR count). The Morgan fingerprint density at radius 1 is 1.13 bits per heavy atom. The van der Waals surface area contributed by atoms with Crippen molar-refractivity contribution in [2.45, 2.75) is 6.04 Å². The molecule has 0 aromatic heterocycles. The van der Waals surface area contributed by atoms with E-state index in [-0.39, 0.29) is 18.4 Å². The van der Waals surface area contributed by atoms with E-state index in [2.05, 4.69) is 0 Å². The van der Waals surface area contributed by atoms with Crippen molar-refractivity contribution in [1.29, 1.82) is 0 Å². The van der Waals surface area contributed by atoms with Gasteiger partial charge in [0.25, 0.3) is 10.5 Å². The van der Waals surface area contributed by atoms with Gasteiger partial charge in [-0.2, -0.15) is 0 Å². The second kappa shape index (κ2) is 9.14. The predicted molar refractivity (Wildman–Crippen MR) is 68.8 cm³/mol. The fourth-order valence-electron chi connectivity index (χ4n) is 0.703. The maximum atomic E-state index is 10.5. The van der Waals surface area contributed by atoms with Crippen LogP contribution in [0.3, 0.4) is 0 Å². The summed E-state index contributed by atoms with van der Waals surface area (Å²) < 4.78 is 0. The van der Waals surface area contributed by atoms with Crippen molar-refractivity contribution >= 4 is 46.4 Å². The van der Waals surface area contributed by atoms with Gasteiger partial charge in [0.2, 0.25) is 0 Å². The normalized spacial score (nSPS) is 10.1. The number of rotatable bonds is 5. The molecule has 4 N–H and O–H groups in total. The number of hydrogen-bond acceptors (Lipinski definition) is 5. The lowest BCUT2D eigenvalue weighted by Crippen LogP contribution is -2.34. The fraction of sp³-hybridized carbons (Fsp3) is 0.714. The van der Waals surface area contributed by atoms with Crippen LogP contribution in [0.2, 0.25) is 0 Å². The number of hydrogen-bond donors (Lipinski definition) is 2. The van der Waals surface area contributed by atoms with E-state index in [0.717, 1.165) is 23.5 Å². The topological polar surface area (TPSA) is 89.4 Å². The van der Waals surface area contributed by atoms with Gasteiger partial charge in [-0.25, -0.2) is 0 Å². The van der Waals surface area contributed by atoms with E-state index in [0.29, 0.717) is 11.5 Å². The van der Waals surface area contributed by atoms with Gasteiger partial charge in [-0.3, -0.25) is 9.59 Å². The molecule has 0 atom stereocenters. The van der Waals surface area contributed by atoms with Crippen LogP contribution < -0.4 is 11.5 Å². The highest BCUT2D eigenvalue weighted by atomic mass is 35.5. The van der Waals surface area contributed by atoms with Crippen LogP contribution in [0.4, 0.5) is 9.59 Å². The van der Waals surface area contributed by atoms with Gasteiger partial charge in [-0.15, -0.1) is 12.4 Å². The second-order valence-corrected chi connectivity index (χ2v) is 4.93. The third kappa shape index (κ3) is 10.2. The molecule has 0 aliphatic rings. The maximum absolute atomic E-state index is 10.5. The molecule has 5 nitrogen and oxygen atoms in total. The molecule has 0 spiro atoms. The van der Waals surface area contributed by atoms with Crippen LogP contribution in [0.15, 0.2) is 0 Å². The van der Waals surface area contributed by atoms with E-state index in [4.69, 9.17) is 11.5 Å². The van der Waals surface area contributed by atoms with Crippen molar-refractivity contribution in [3.8, 4) is 0 Å².